The maximum absolute atomic E-state index is 12.8. The Morgan fingerprint density at radius 3 is 2.44 bits per heavy atom. The van der Waals surface area contributed by atoms with Crippen molar-refractivity contribution >= 4 is 11.7 Å². The van der Waals surface area contributed by atoms with E-state index in [1.807, 2.05) is 68.4 Å². The molecule has 0 bridgehead atoms. The third kappa shape index (κ3) is 6.70. The van der Waals surface area contributed by atoms with Gasteiger partial charge in [0.1, 0.15) is 24.2 Å². The van der Waals surface area contributed by atoms with Gasteiger partial charge in [-0.2, -0.15) is 0 Å². The average molecular weight is 464 g/mol. The van der Waals surface area contributed by atoms with Crippen molar-refractivity contribution in [2.45, 2.75) is 52.6 Å². The third-order valence-corrected chi connectivity index (χ3v) is 5.40. The highest BCUT2D eigenvalue weighted by molar-refractivity contribution is 5.79. The number of nitrogens with one attached hydrogen (secondary N) is 1. The Hall–Kier alpha value is -3.61. The highest BCUT2D eigenvalue weighted by atomic mass is 16.5. The first-order valence-electron chi connectivity index (χ1n) is 11.9. The molecule has 0 aliphatic carbocycles. The molecule has 1 heterocycles. The lowest BCUT2D eigenvalue weighted by Crippen LogP contribution is -2.31. The number of ether oxygens (including phenoxy) is 2. The molecule has 7 heteroatoms. The number of anilines is 1. The zero-order valence-corrected chi connectivity index (χ0v) is 20.1. The molecule has 180 valence electrons. The van der Waals surface area contributed by atoms with Crippen molar-refractivity contribution in [1.82, 2.24) is 9.55 Å². The molecule has 0 saturated heterocycles. The zero-order valence-electron chi connectivity index (χ0n) is 20.1. The summed E-state index contributed by atoms with van der Waals surface area (Å²) in [5.74, 6) is 1.18. The third-order valence-electron chi connectivity index (χ3n) is 5.40. The molecule has 3 rings (SSSR count). The summed E-state index contributed by atoms with van der Waals surface area (Å²) in [4.78, 5) is 29.6. The summed E-state index contributed by atoms with van der Waals surface area (Å²) in [5.41, 5.74) is 2.35. The second-order valence-corrected chi connectivity index (χ2v) is 7.88. The van der Waals surface area contributed by atoms with Crippen LogP contribution in [0, 0.1) is 0 Å². The molecule has 0 radical (unpaired) electrons. The molecule has 34 heavy (non-hydrogen) atoms. The van der Waals surface area contributed by atoms with Crippen molar-refractivity contribution in [3.05, 3.63) is 76.8 Å². The normalized spacial score (nSPS) is 11.6. The topological polar surface area (TPSA) is 82.5 Å². The van der Waals surface area contributed by atoms with Gasteiger partial charge in [-0.15, -0.1) is 0 Å². The van der Waals surface area contributed by atoms with Gasteiger partial charge in [0, 0.05) is 23.7 Å². The molecule has 1 atom stereocenters. The largest absolute Gasteiger partial charge is 0.492 e. The van der Waals surface area contributed by atoms with Crippen molar-refractivity contribution in [3.8, 4) is 17.0 Å². The quantitative estimate of drug-likeness (QED) is 0.392. The Morgan fingerprint density at radius 1 is 1.06 bits per heavy atom. The molecule has 7 nitrogen and oxygen atoms in total. The molecule has 1 N–H and O–H groups in total. The lowest BCUT2D eigenvalue weighted by atomic mass is 10.1. The molecule has 0 fully saturated rings. The van der Waals surface area contributed by atoms with Gasteiger partial charge in [0.15, 0.2) is 0 Å². The lowest BCUT2D eigenvalue weighted by Gasteiger charge is -2.18. The summed E-state index contributed by atoms with van der Waals surface area (Å²) in [7, 11) is 0. The molecule has 0 amide bonds. The van der Waals surface area contributed by atoms with Gasteiger partial charge < -0.3 is 14.8 Å². The summed E-state index contributed by atoms with van der Waals surface area (Å²) in [6.07, 6.45) is 2.22. The number of nitrogens with zero attached hydrogens (tertiary/aromatic N) is 2. The van der Waals surface area contributed by atoms with Crippen LogP contribution in [0.15, 0.2) is 65.5 Å². The Labute approximate surface area is 200 Å². The number of carbonyl (C=O) groups is 1. The summed E-state index contributed by atoms with van der Waals surface area (Å²) in [6.45, 7) is 6.94. The Morgan fingerprint density at radius 2 is 1.79 bits per heavy atom. The molecule has 0 spiro atoms. The van der Waals surface area contributed by atoms with E-state index in [2.05, 4.69) is 5.32 Å². The fraction of sp³-hybridized carbons (Fsp3) is 0.370. The number of rotatable bonds is 12. The average Bonchev–Trinajstić information content (AvgIpc) is 2.86. The van der Waals surface area contributed by atoms with Gasteiger partial charge in [0.05, 0.1) is 18.8 Å². The lowest BCUT2D eigenvalue weighted by molar-refractivity contribution is -0.144. The van der Waals surface area contributed by atoms with Gasteiger partial charge in [-0.05, 0) is 37.6 Å². The summed E-state index contributed by atoms with van der Waals surface area (Å²) in [6, 6.07) is 18.3. The first kappa shape index (κ1) is 25.0. The minimum absolute atomic E-state index is 0.0882. The van der Waals surface area contributed by atoms with Crippen molar-refractivity contribution in [3.63, 3.8) is 0 Å². The van der Waals surface area contributed by atoms with Crippen LogP contribution in [0.3, 0.4) is 0 Å². The van der Waals surface area contributed by atoms with Gasteiger partial charge in [-0.25, -0.2) is 9.78 Å². The van der Waals surface area contributed by atoms with E-state index in [4.69, 9.17) is 14.5 Å². The molecule has 0 unspecified atom stereocenters. The maximum Gasteiger partial charge on any atom is 0.328 e. The molecule has 3 aromatic rings. The van der Waals surface area contributed by atoms with Crippen LogP contribution in [0.4, 0.5) is 5.69 Å². The number of hydrogen-bond acceptors (Lipinski definition) is 6. The number of esters is 1. The van der Waals surface area contributed by atoms with Crippen molar-refractivity contribution in [2.75, 3.05) is 18.5 Å². The van der Waals surface area contributed by atoms with Crippen LogP contribution < -0.4 is 15.6 Å². The maximum atomic E-state index is 12.8. The fourth-order valence-electron chi connectivity index (χ4n) is 3.70. The van der Waals surface area contributed by atoms with E-state index in [-0.39, 0.29) is 17.6 Å². The molecule has 0 aliphatic heterocycles. The Kier molecular flexibility index (Phi) is 9.26. The second kappa shape index (κ2) is 12.6. The molecule has 0 aliphatic rings. The van der Waals surface area contributed by atoms with E-state index in [1.54, 1.807) is 17.6 Å². The van der Waals surface area contributed by atoms with Crippen molar-refractivity contribution in [2.24, 2.45) is 0 Å². The van der Waals surface area contributed by atoms with Crippen molar-refractivity contribution in [1.29, 1.82) is 0 Å². The number of hydrogen-bond donors (Lipinski definition) is 1. The van der Waals surface area contributed by atoms with E-state index >= 15 is 0 Å². The van der Waals surface area contributed by atoms with E-state index in [0.29, 0.717) is 44.0 Å². The van der Waals surface area contributed by atoms with Crippen LogP contribution in [-0.2, 0) is 22.5 Å². The summed E-state index contributed by atoms with van der Waals surface area (Å²) < 4.78 is 12.7. The summed E-state index contributed by atoms with van der Waals surface area (Å²) >= 11 is 0. The zero-order chi connectivity index (χ0) is 24.3. The van der Waals surface area contributed by atoms with Crippen LogP contribution in [0.1, 0.15) is 39.4 Å². The van der Waals surface area contributed by atoms with Gasteiger partial charge in [0.25, 0.3) is 5.56 Å². The van der Waals surface area contributed by atoms with E-state index in [1.165, 1.54) is 0 Å². The first-order valence-corrected chi connectivity index (χ1v) is 11.9. The molecule has 0 saturated carbocycles. The predicted octanol–water partition coefficient (Wildman–Crippen LogP) is 4.70. The fourth-order valence-corrected chi connectivity index (χ4v) is 3.70. The van der Waals surface area contributed by atoms with E-state index in [0.717, 1.165) is 23.5 Å². The molecular formula is C27H33N3O4. The number of benzene rings is 2. The highest BCUT2D eigenvalue weighted by Crippen LogP contribution is 2.19. The predicted molar refractivity (Wildman–Crippen MR) is 134 cm³/mol. The van der Waals surface area contributed by atoms with Gasteiger partial charge >= 0.3 is 5.97 Å². The van der Waals surface area contributed by atoms with Crippen LogP contribution in [-0.4, -0.2) is 34.8 Å². The number of aryl methyl sites for hydroxylation is 1. The van der Waals surface area contributed by atoms with Gasteiger partial charge in [0.2, 0.25) is 0 Å². The van der Waals surface area contributed by atoms with Crippen LogP contribution >= 0.6 is 0 Å². The highest BCUT2D eigenvalue weighted by Gasteiger charge is 2.18. The SMILES string of the molecule is CCC[C@@H](Nc1ccc(OCCn2c(CC)nc(-c3ccccc3)cc2=O)cc1)C(=O)OCC. The van der Waals surface area contributed by atoms with Crippen LogP contribution in [0.2, 0.25) is 0 Å². The molecule has 2 aromatic carbocycles. The minimum Gasteiger partial charge on any atom is -0.492 e. The smallest absolute Gasteiger partial charge is 0.328 e. The van der Waals surface area contributed by atoms with Crippen LogP contribution in [0.5, 0.6) is 5.75 Å². The summed E-state index contributed by atoms with van der Waals surface area (Å²) in [5, 5.41) is 3.23. The van der Waals surface area contributed by atoms with Gasteiger partial charge in [-0.1, -0.05) is 50.6 Å². The van der Waals surface area contributed by atoms with E-state index in [9.17, 15) is 9.59 Å². The number of aromatic nitrogens is 2. The molecule has 1 aromatic heterocycles. The Balaban J connectivity index is 1.61. The van der Waals surface area contributed by atoms with E-state index < -0.39 is 0 Å². The Bertz CT molecular complexity index is 1110. The first-order chi connectivity index (χ1) is 16.5. The minimum atomic E-state index is -0.373. The standard InChI is InChI=1S/C27H33N3O4/c1-4-10-23(27(32)33-6-3)28-21-13-15-22(16-14-21)34-18-17-30-25(5-2)29-24(19-26(30)31)20-11-8-7-9-12-20/h7-9,11-16,19,23,28H,4-6,10,17-18H2,1-3H3/t23-/m1/s1. The number of carbonyl (C=O) groups excluding carboxylic acids is 1. The van der Waals surface area contributed by atoms with Crippen LogP contribution in [0.25, 0.3) is 11.3 Å². The van der Waals surface area contributed by atoms with Crippen molar-refractivity contribution < 1.29 is 14.3 Å². The monoisotopic (exact) mass is 463 g/mol. The molecular weight excluding hydrogens is 430 g/mol. The van der Waals surface area contributed by atoms with Gasteiger partial charge in [-0.3, -0.25) is 9.36 Å². The second-order valence-electron chi connectivity index (χ2n) is 7.88.